The van der Waals surface area contributed by atoms with E-state index in [0.717, 1.165) is 17.0 Å². The van der Waals surface area contributed by atoms with Crippen molar-refractivity contribution in [1.82, 2.24) is 0 Å². The fraction of sp³-hybridized carbons (Fsp3) is 0.138. The van der Waals surface area contributed by atoms with Crippen molar-refractivity contribution in [2.24, 2.45) is 0 Å². The van der Waals surface area contributed by atoms with E-state index in [9.17, 15) is 4.79 Å². The lowest BCUT2D eigenvalue weighted by molar-refractivity contribution is -0.127. The van der Waals surface area contributed by atoms with Crippen LogP contribution in [0.3, 0.4) is 0 Å². The first-order valence-corrected chi connectivity index (χ1v) is 13.0. The second-order valence-electron chi connectivity index (χ2n) is 8.46. The predicted octanol–water partition coefficient (Wildman–Crippen LogP) is 7.33. The molecule has 4 aromatic rings. The number of thioether (sulfide) groups is 2. The minimum Gasteiger partial charge on any atom is -0.298 e. The topological polar surface area (TPSA) is 20.3 Å². The van der Waals surface area contributed by atoms with Gasteiger partial charge < -0.3 is 0 Å². The van der Waals surface area contributed by atoms with Crippen LogP contribution in [-0.2, 0) is 10.3 Å². The Morgan fingerprint density at radius 2 is 1.36 bits per heavy atom. The van der Waals surface area contributed by atoms with Gasteiger partial charge in [-0.15, -0.1) is 23.5 Å². The Hall–Kier alpha value is -2.95. The highest BCUT2D eigenvalue weighted by atomic mass is 32.2. The van der Waals surface area contributed by atoms with Crippen molar-refractivity contribution < 1.29 is 4.79 Å². The zero-order valence-electron chi connectivity index (χ0n) is 18.0. The first kappa shape index (κ1) is 20.6. The summed E-state index contributed by atoms with van der Waals surface area (Å²) >= 11 is 3.58. The summed E-state index contributed by atoms with van der Waals surface area (Å²) in [7, 11) is 0. The fourth-order valence-electron chi connectivity index (χ4n) is 5.08. The van der Waals surface area contributed by atoms with Crippen LogP contribution in [-0.4, -0.2) is 11.2 Å². The van der Waals surface area contributed by atoms with Crippen molar-refractivity contribution in [2.75, 3.05) is 4.90 Å². The van der Waals surface area contributed by atoms with Crippen LogP contribution in [0.4, 0.5) is 5.69 Å². The molecule has 0 N–H and O–H groups in total. The van der Waals surface area contributed by atoms with E-state index in [2.05, 4.69) is 95.9 Å². The van der Waals surface area contributed by atoms with Gasteiger partial charge in [0.1, 0.15) is 5.25 Å². The molecule has 1 amide bonds. The summed E-state index contributed by atoms with van der Waals surface area (Å²) in [6.45, 7) is 0. The van der Waals surface area contributed by atoms with Gasteiger partial charge in [-0.1, -0.05) is 91.0 Å². The second-order valence-corrected chi connectivity index (χ2v) is 10.9. The molecule has 6 rings (SSSR count). The van der Waals surface area contributed by atoms with Crippen LogP contribution in [0.2, 0.25) is 0 Å². The van der Waals surface area contributed by atoms with Crippen molar-refractivity contribution in [3.63, 3.8) is 0 Å². The number of para-hydroxylation sites is 1. The van der Waals surface area contributed by atoms with Crippen molar-refractivity contribution in [3.05, 3.63) is 126 Å². The van der Waals surface area contributed by atoms with Crippen LogP contribution in [0, 0.1) is 0 Å². The van der Waals surface area contributed by atoms with E-state index in [4.69, 9.17) is 0 Å². The molecule has 33 heavy (non-hydrogen) atoms. The highest BCUT2D eigenvalue weighted by Crippen LogP contribution is 2.62. The van der Waals surface area contributed by atoms with Crippen LogP contribution in [0.25, 0.3) is 0 Å². The molecule has 1 fully saturated rings. The third-order valence-corrected chi connectivity index (χ3v) is 9.29. The quantitative estimate of drug-likeness (QED) is 0.294. The Kier molecular flexibility index (Phi) is 5.28. The Bertz CT molecular complexity index is 1280. The number of amides is 1. The number of anilines is 1. The molecule has 0 aliphatic carbocycles. The molecule has 0 bridgehead atoms. The highest BCUT2D eigenvalue weighted by molar-refractivity contribution is 8.01. The molecule has 2 nitrogen and oxygen atoms in total. The molecule has 0 unspecified atom stereocenters. The van der Waals surface area contributed by atoms with E-state index in [1.165, 1.54) is 16.0 Å². The van der Waals surface area contributed by atoms with Crippen molar-refractivity contribution in [3.8, 4) is 0 Å². The molecule has 2 aliphatic heterocycles. The molecule has 0 radical (unpaired) electrons. The molecule has 4 heteroatoms. The number of benzene rings is 4. The summed E-state index contributed by atoms with van der Waals surface area (Å²) in [5.41, 5.74) is 3.12. The number of nitrogens with zero attached hydrogens (tertiary/aromatic N) is 1. The maximum atomic E-state index is 13.8. The summed E-state index contributed by atoms with van der Waals surface area (Å²) in [5.74, 6) is 0.189. The van der Waals surface area contributed by atoms with Gasteiger partial charge in [-0.3, -0.25) is 9.69 Å². The first-order chi connectivity index (χ1) is 16.3. The number of hydrogen-bond acceptors (Lipinski definition) is 3. The summed E-state index contributed by atoms with van der Waals surface area (Å²) < 4.78 is 0. The van der Waals surface area contributed by atoms with Gasteiger partial charge in [0.2, 0.25) is 5.91 Å². The smallest absolute Gasteiger partial charge is 0.244 e. The van der Waals surface area contributed by atoms with Gasteiger partial charge in [0.05, 0.1) is 11.2 Å². The van der Waals surface area contributed by atoms with Gasteiger partial charge in [0.25, 0.3) is 0 Å². The standard InChI is InChI=1S/C29H23NOS2/c31-28-27(32-23-16-8-3-9-17-23)29(22-14-6-2-7-15-22)20-26(21-12-4-1-5-13-21)33-25-19-11-10-18-24(25)30(28)29/h1-19,26-27H,20H2/t26-,27-,29-/m0/s1. The van der Waals surface area contributed by atoms with Gasteiger partial charge in [0.15, 0.2) is 0 Å². The van der Waals surface area contributed by atoms with Gasteiger partial charge in [-0.2, -0.15) is 0 Å². The molecular weight excluding hydrogens is 442 g/mol. The van der Waals surface area contributed by atoms with Crippen LogP contribution >= 0.6 is 23.5 Å². The Labute approximate surface area is 203 Å². The van der Waals surface area contributed by atoms with Gasteiger partial charge in [0, 0.05) is 15.0 Å². The third kappa shape index (κ3) is 3.40. The predicted molar refractivity (Wildman–Crippen MR) is 138 cm³/mol. The molecule has 1 saturated heterocycles. The lowest BCUT2D eigenvalue weighted by Crippen LogP contribution is -2.71. The number of fused-ring (bicyclic) bond motifs is 3. The molecule has 0 aromatic heterocycles. The minimum absolute atomic E-state index is 0.180. The van der Waals surface area contributed by atoms with Gasteiger partial charge in [-0.05, 0) is 41.8 Å². The van der Waals surface area contributed by atoms with E-state index in [0.29, 0.717) is 0 Å². The van der Waals surface area contributed by atoms with Crippen LogP contribution < -0.4 is 4.90 Å². The molecule has 0 saturated carbocycles. The molecule has 4 aromatic carbocycles. The molecule has 3 atom stereocenters. The molecular formula is C29H23NOS2. The van der Waals surface area contributed by atoms with E-state index in [1.807, 2.05) is 36.0 Å². The summed E-state index contributed by atoms with van der Waals surface area (Å²) in [6.07, 6.45) is 0.858. The normalized spacial score (nSPS) is 23.8. The number of rotatable bonds is 4. The Morgan fingerprint density at radius 3 is 2.09 bits per heavy atom. The van der Waals surface area contributed by atoms with Crippen molar-refractivity contribution in [2.45, 2.75) is 32.3 Å². The Morgan fingerprint density at radius 1 is 0.758 bits per heavy atom. The molecule has 2 aliphatic rings. The maximum Gasteiger partial charge on any atom is 0.244 e. The summed E-state index contributed by atoms with van der Waals surface area (Å²) in [4.78, 5) is 18.2. The zero-order valence-corrected chi connectivity index (χ0v) is 19.6. The van der Waals surface area contributed by atoms with E-state index < -0.39 is 5.54 Å². The number of carbonyl (C=O) groups excluding carboxylic acids is 1. The largest absolute Gasteiger partial charge is 0.298 e. The van der Waals surface area contributed by atoms with E-state index >= 15 is 0 Å². The fourth-order valence-corrected chi connectivity index (χ4v) is 7.78. The Balaban J connectivity index is 1.55. The van der Waals surface area contributed by atoms with Crippen LogP contribution in [0.5, 0.6) is 0 Å². The molecule has 162 valence electrons. The summed E-state index contributed by atoms with van der Waals surface area (Å²) in [5, 5.41) is 0.0600. The maximum absolute atomic E-state index is 13.8. The number of β-lactam (4-membered cyclic amide) rings is 1. The third-order valence-electron chi connectivity index (χ3n) is 6.59. The average molecular weight is 466 g/mol. The van der Waals surface area contributed by atoms with Gasteiger partial charge in [-0.25, -0.2) is 0 Å². The second kappa shape index (κ2) is 8.44. The highest BCUT2D eigenvalue weighted by Gasteiger charge is 2.64. The first-order valence-electron chi connectivity index (χ1n) is 11.2. The molecule has 0 spiro atoms. The van der Waals surface area contributed by atoms with Crippen LogP contribution in [0.15, 0.2) is 125 Å². The van der Waals surface area contributed by atoms with E-state index in [-0.39, 0.29) is 16.4 Å². The number of hydrogen-bond donors (Lipinski definition) is 0. The molecule has 2 heterocycles. The lowest BCUT2D eigenvalue weighted by Gasteiger charge is -2.57. The summed E-state index contributed by atoms with van der Waals surface area (Å²) in [6, 6.07) is 40.1. The zero-order chi connectivity index (χ0) is 22.3. The van der Waals surface area contributed by atoms with E-state index in [1.54, 1.807) is 11.8 Å². The van der Waals surface area contributed by atoms with Crippen molar-refractivity contribution >= 4 is 35.1 Å². The van der Waals surface area contributed by atoms with Crippen molar-refractivity contribution in [1.29, 1.82) is 0 Å². The van der Waals surface area contributed by atoms with Crippen LogP contribution in [0.1, 0.15) is 22.8 Å². The average Bonchev–Trinajstić information content (AvgIpc) is 3.02. The van der Waals surface area contributed by atoms with Gasteiger partial charge >= 0.3 is 0 Å². The SMILES string of the molecule is O=C1[C@H](Sc2ccccc2)[C@@]2(c3ccccc3)C[C@@H](c3ccccc3)Sc3ccccc3N12. The monoisotopic (exact) mass is 465 g/mol. The lowest BCUT2D eigenvalue weighted by atomic mass is 9.72. The number of carbonyl (C=O) groups is 1. The minimum atomic E-state index is -0.418.